The van der Waals surface area contributed by atoms with Gasteiger partial charge in [0.15, 0.2) is 0 Å². The minimum atomic E-state index is -3.45. The first-order valence-corrected chi connectivity index (χ1v) is 8.77. The first-order chi connectivity index (χ1) is 9.87. The van der Waals surface area contributed by atoms with E-state index in [4.69, 9.17) is 23.2 Å². The van der Waals surface area contributed by atoms with Crippen molar-refractivity contribution in [2.75, 3.05) is 0 Å². The molecule has 0 aliphatic carbocycles. The lowest BCUT2D eigenvalue weighted by Crippen LogP contribution is -2.28. The molecule has 112 valence electrons. The Hall–Kier alpha value is -1.07. The van der Waals surface area contributed by atoms with Gasteiger partial charge in [0, 0.05) is 16.1 Å². The molecule has 2 rings (SSSR count). The Morgan fingerprint density at radius 1 is 1.10 bits per heavy atom. The summed E-state index contributed by atoms with van der Waals surface area (Å²) in [6, 6.07) is 13.6. The van der Waals surface area contributed by atoms with Crippen LogP contribution in [0.4, 0.5) is 0 Å². The van der Waals surface area contributed by atoms with Crippen molar-refractivity contribution >= 4 is 33.2 Å². The van der Waals surface area contributed by atoms with Crippen LogP contribution in [0, 0.1) is 0 Å². The van der Waals surface area contributed by atoms with E-state index in [0.717, 1.165) is 5.56 Å². The molecule has 0 bridgehead atoms. The van der Waals surface area contributed by atoms with Crippen LogP contribution in [0.25, 0.3) is 0 Å². The molecule has 1 N–H and O–H groups in total. The number of sulfonamides is 1. The zero-order valence-electron chi connectivity index (χ0n) is 11.4. The van der Waals surface area contributed by atoms with E-state index < -0.39 is 16.1 Å². The highest BCUT2D eigenvalue weighted by atomic mass is 35.5. The fourth-order valence-electron chi connectivity index (χ4n) is 2.02. The number of hydrogen-bond acceptors (Lipinski definition) is 2. The molecule has 0 unspecified atom stereocenters. The third kappa shape index (κ3) is 4.71. The van der Waals surface area contributed by atoms with Gasteiger partial charge in [0.1, 0.15) is 0 Å². The number of benzene rings is 2. The Balaban J connectivity index is 2.12. The minimum absolute atomic E-state index is 0.0661. The number of nitrogens with one attached hydrogen (secondary N) is 1. The Morgan fingerprint density at radius 2 is 1.76 bits per heavy atom. The summed E-state index contributed by atoms with van der Waals surface area (Å²) >= 11 is 11.9. The van der Waals surface area contributed by atoms with Crippen LogP contribution in [0.3, 0.4) is 0 Å². The Morgan fingerprint density at radius 3 is 2.38 bits per heavy atom. The maximum Gasteiger partial charge on any atom is 0.216 e. The average Bonchev–Trinajstić information content (AvgIpc) is 2.38. The summed E-state index contributed by atoms with van der Waals surface area (Å²) in [5, 5.41) is 0.959. The average molecular weight is 344 g/mol. The number of hydrogen-bond donors (Lipinski definition) is 1. The van der Waals surface area contributed by atoms with Crippen molar-refractivity contribution in [3.05, 3.63) is 69.7 Å². The molecular weight excluding hydrogens is 329 g/mol. The lowest BCUT2D eigenvalue weighted by atomic mass is 10.1. The van der Waals surface area contributed by atoms with Crippen LogP contribution < -0.4 is 4.72 Å². The molecule has 2 aromatic carbocycles. The quantitative estimate of drug-likeness (QED) is 0.885. The molecule has 1 atom stereocenters. The van der Waals surface area contributed by atoms with E-state index in [0.29, 0.717) is 15.6 Å². The van der Waals surface area contributed by atoms with Gasteiger partial charge in [-0.1, -0.05) is 59.6 Å². The number of halogens is 2. The second-order valence-electron chi connectivity index (χ2n) is 4.75. The molecule has 0 saturated carbocycles. The summed E-state index contributed by atoms with van der Waals surface area (Å²) in [6.07, 6.45) is 0. The van der Waals surface area contributed by atoms with Gasteiger partial charge in [-0.15, -0.1) is 0 Å². The van der Waals surface area contributed by atoms with E-state index in [1.807, 2.05) is 18.2 Å². The molecule has 21 heavy (non-hydrogen) atoms. The van der Waals surface area contributed by atoms with Crippen LogP contribution in [-0.4, -0.2) is 8.42 Å². The molecule has 0 spiro atoms. The zero-order chi connectivity index (χ0) is 15.5. The first-order valence-electron chi connectivity index (χ1n) is 6.36. The van der Waals surface area contributed by atoms with Crippen LogP contribution >= 0.6 is 23.2 Å². The van der Waals surface area contributed by atoms with Gasteiger partial charge in [-0.05, 0) is 30.2 Å². The van der Waals surface area contributed by atoms with Crippen molar-refractivity contribution in [3.63, 3.8) is 0 Å². The highest BCUT2D eigenvalue weighted by Gasteiger charge is 2.18. The topological polar surface area (TPSA) is 46.2 Å². The van der Waals surface area contributed by atoms with Crippen molar-refractivity contribution in [2.45, 2.75) is 18.7 Å². The van der Waals surface area contributed by atoms with Gasteiger partial charge in [-0.25, -0.2) is 13.1 Å². The third-order valence-electron chi connectivity index (χ3n) is 2.98. The van der Waals surface area contributed by atoms with Crippen LogP contribution in [0.15, 0.2) is 48.5 Å². The van der Waals surface area contributed by atoms with Crippen molar-refractivity contribution in [1.82, 2.24) is 4.72 Å². The van der Waals surface area contributed by atoms with Gasteiger partial charge >= 0.3 is 0 Å². The summed E-state index contributed by atoms with van der Waals surface area (Å²) in [7, 11) is -3.45. The fraction of sp³-hybridized carbons (Fsp3) is 0.200. The van der Waals surface area contributed by atoms with E-state index in [9.17, 15) is 8.42 Å². The van der Waals surface area contributed by atoms with E-state index in [2.05, 4.69) is 4.72 Å². The lowest BCUT2D eigenvalue weighted by molar-refractivity contribution is 0.566. The van der Waals surface area contributed by atoms with Crippen LogP contribution in [-0.2, 0) is 15.8 Å². The Kier molecular flexibility index (Phi) is 5.27. The summed E-state index contributed by atoms with van der Waals surface area (Å²) in [5.74, 6) is -0.0661. The smallest absolute Gasteiger partial charge is 0.212 e. The predicted molar refractivity (Wildman–Crippen MR) is 87.1 cm³/mol. The molecule has 0 radical (unpaired) electrons. The highest BCUT2D eigenvalue weighted by molar-refractivity contribution is 7.88. The van der Waals surface area contributed by atoms with Gasteiger partial charge in [0.2, 0.25) is 10.0 Å². The third-order valence-corrected chi connectivity index (χ3v) is 4.97. The van der Waals surface area contributed by atoms with Crippen molar-refractivity contribution < 1.29 is 8.42 Å². The van der Waals surface area contributed by atoms with Crippen molar-refractivity contribution in [2.24, 2.45) is 0 Å². The highest BCUT2D eigenvalue weighted by Crippen LogP contribution is 2.26. The number of rotatable bonds is 5. The van der Waals surface area contributed by atoms with E-state index in [1.165, 1.54) is 0 Å². The van der Waals surface area contributed by atoms with E-state index in [1.54, 1.807) is 37.3 Å². The molecule has 0 saturated heterocycles. The van der Waals surface area contributed by atoms with Crippen LogP contribution in [0.2, 0.25) is 10.0 Å². The molecule has 3 nitrogen and oxygen atoms in total. The van der Waals surface area contributed by atoms with Gasteiger partial charge in [0.05, 0.1) is 5.75 Å². The Bertz CT molecular complexity index is 718. The molecule has 2 aromatic rings. The molecule has 0 aliphatic heterocycles. The summed E-state index contributed by atoms with van der Waals surface area (Å²) < 4.78 is 27.0. The van der Waals surface area contributed by atoms with Gasteiger partial charge in [0.25, 0.3) is 0 Å². The molecule has 0 fully saturated rings. The fourth-order valence-corrected chi connectivity index (χ4v) is 3.97. The normalized spacial score (nSPS) is 13.1. The monoisotopic (exact) mass is 343 g/mol. The van der Waals surface area contributed by atoms with Crippen LogP contribution in [0.5, 0.6) is 0 Å². The van der Waals surface area contributed by atoms with Crippen molar-refractivity contribution in [3.8, 4) is 0 Å². The van der Waals surface area contributed by atoms with Gasteiger partial charge in [-0.3, -0.25) is 0 Å². The Labute approximate surface area is 135 Å². The van der Waals surface area contributed by atoms with Gasteiger partial charge < -0.3 is 0 Å². The molecule has 0 aromatic heterocycles. The molecule has 0 aliphatic rings. The molecule has 0 amide bonds. The largest absolute Gasteiger partial charge is 0.216 e. The SMILES string of the molecule is C[C@@H](NS(=O)(=O)Cc1ccccc1)c1ccc(Cl)cc1Cl. The van der Waals surface area contributed by atoms with Crippen molar-refractivity contribution in [1.29, 1.82) is 0 Å². The first kappa shape index (κ1) is 16.3. The molecule has 0 heterocycles. The molecule has 6 heteroatoms. The standard InChI is InChI=1S/C15H15Cl2NO2S/c1-11(14-8-7-13(16)9-15(14)17)18-21(19,20)10-12-5-3-2-4-6-12/h2-9,11,18H,10H2,1H3/t11-/m1/s1. The minimum Gasteiger partial charge on any atom is -0.212 e. The summed E-state index contributed by atoms with van der Waals surface area (Å²) in [5.41, 5.74) is 1.43. The van der Waals surface area contributed by atoms with Gasteiger partial charge in [-0.2, -0.15) is 0 Å². The summed E-state index contributed by atoms with van der Waals surface area (Å²) in [6.45, 7) is 1.75. The van der Waals surface area contributed by atoms with Crippen LogP contribution in [0.1, 0.15) is 24.1 Å². The second kappa shape index (κ2) is 6.79. The predicted octanol–water partition coefficient (Wildman–Crippen LogP) is 4.17. The second-order valence-corrected chi connectivity index (χ2v) is 7.35. The lowest BCUT2D eigenvalue weighted by Gasteiger charge is -2.16. The zero-order valence-corrected chi connectivity index (χ0v) is 13.7. The van der Waals surface area contributed by atoms with E-state index >= 15 is 0 Å². The maximum atomic E-state index is 12.2. The van der Waals surface area contributed by atoms with E-state index in [-0.39, 0.29) is 5.75 Å². The summed E-state index contributed by atoms with van der Waals surface area (Å²) in [4.78, 5) is 0. The maximum absolute atomic E-state index is 12.2. The molecular formula is C15H15Cl2NO2S.